The van der Waals surface area contributed by atoms with Crippen molar-refractivity contribution in [1.82, 2.24) is 10.2 Å². The lowest BCUT2D eigenvalue weighted by atomic mass is 10.1. The average Bonchev–Trinajstić information content (AvgIpc) is 2.75. The summed E-state index contributed by atoms with van der Waals surface area (Å²) in [6, 6.07) is 11.6. The highest BCUT2D eigenvalue weighted by atomic mass is 16.6. The van der Waals surface area contributed by atoms with Gasteiger partial charge >= 0.3 is 5.69 Å². The molecule has 0 bridgehead atoms. The third kappa shape index (κ3) is 6.18. The topological polar surface area (TPSA) is 93.9 Å². The van der Waals surface area contributed by atoms with Gasteiger partial charge in [-0.05, 0) is 31.3 Å². The quantitative estimate of drug-likeness (QED) is 0.459. The van der Waals surface area contributed by atoms with Crippen LogP contribution >= 0.6 is 0 Å². The van der Waals surface area contributed by atoms with Crippen LogP contribution < -0.4 is 14.8 Å². The van der Waals surface area contributed by atoms with E-state index < -0.39 is 10.8 Å². The van der Waals surface area contributed by atoms with Gasteiger partial charge in [0.1, 0.15) is 12.4 Å². The van der Waals surface area contributed by atoms with Gasteiger partial charge in [-0.2, -0.15) is 0 Å². The van der Waals surface area contributed by atoms with E-state index >= 15 is 0 Å². The molecule has 0 aliphatic carbocycles. The number of nitro groups is 1. The van der Waals surface area contributed by atoms with E-state index in [1.165, 1.54) is 25.3 Å². The number of carbonyl (C=O) groups excluding carboxylic acids is 1. The van der Waals surface area contributed by atoms with E-state index in [0.717, 1.165) is 25.2 Å². The highest BCUT2D eigenvalue weighted by Gasteiger charge is 2.18. The summed E-state index contributed by atoms with van der Waals surface area (Å²) in [7, 11) is 1.35. The first kappa shape index (κ1) is 22.2. The standard InChI is InChI=1S/C21H27N3O5/c1-4-23(5-2)12-13-29-19-9-7-6-8-17(19)15-22-21(25)16-10-11-20(28-3)18(14-16)24(26)27/h6-11,14H,4-5,12-13,15H2,1-3H3,(H,22,25). The lowest BCUT2D eigenvalue weighted by Crippen LogP contribution is -2.28. The summed E-state index contributed by atoms with van der Waals surface area (Å²) < 4.78 is 10.9. The van der Waals surface area contributed by atoms with Gasteiger partial charge < -0.3 is 19.7 Å². The van der Waals surface area contributed by atoms with Gasteiger partial charge in [0.05, 0.1) is 12.0 Å². The lowest BCUT2D eigenvalue weighted by Gasteiger charge is -2.19. The molecule has 0 aliphatic heterocycles. The number of hydrogen-bond acceptors (Lipinski definition) is 6. The molecule has 0 heterocycles. The molecular formula is C21H27N3O5. The van der Waals surface area contributed by atoms with Crippen LogP contribution in [-0.2, 0) is 6.54 Å². The van der Waals surface area contributed by atoms with Crippen molar-refractivity contribution in [3.05, 3.63) is 63.7 Å². The highest BCUT2D eigenvalue weighted by Crippen LogP contribution is 2.27. The van der Waals surface area contributed by atoms with E-state index in [1.54, 1.807) is 0 Å². The van der Waals surface area contributed by atoms with Crippen molar-refractivity contribution in [2.75, 3.05) is 33.4 Å². The average molecular weight is 401 g/mol. The Hall–Kier alpha value is -3.13. The highest BCUT2D eigenvalue weighted by molar-refractivity contribution is 5.95. The zero-order valence-corrected chi connectivity index (χ0v) is 17.0. The van der Waals surface area contributed by atoms with Gasteiger partial charge in [-0.1, -0.05) is 32.0 Å². The summed E-state index contributed by atoms with van der Waals surface area (Å²) in [6.07, 6.45) is 0. The minimum atomic E-state index is -0.575. The van der Waals surface area contributed by atoms with Gasteiger partial charge in [0.25, 0.3) is 5.91 Å². The monoisotopic (exact) mass is 401 g/mol. The van der Waals surface area contributed by atoms with Gasteiger partial charge in [0.15, 0.2) is 5.75 Å². The van der Waals surface area contributed by atoms with Crippen molar-refractivity contribution in [1.29, 1.82) is 0 Å². The number of nitro benzene ring substituents is 1. The normalized spacial score (nSPS) is 10.6. The van der Waals surface area contributed by atoms with Crippen LogP contribution in [0.1, 0.15) is 29.8 Å². The van der Waals surface area contributed by atoms with Crippen LogP contribution in [0.4, 0.5) is 5.69 Å². The molecule has 0 aromatic heterocycles. The summed E-state index contributed by atoms with van der Waals surface area (Å²) in [4.78, 5) is 25.3. The minimum Gasteiger partial charge on any atom is -0.492 e. The van der Waals surface area contributed by atoms with Crippen LogP contribution in [0.3, 0.4) is 0 Å². The van der Waals surface area contributed by atoms with Crippen molar-refractivity contribution >= 4 is 11.6 Å². The number of nitrogens with zero attached hydrogens (tertiary/aromatic N) is 2. The Balaban J connectivity index is 2.02. The maximum atomic E-state index is 12.5. The van der Waals surface area contributed by atoms with Crippen molar-refractivity contribution in [2.45, 2.75) is 20.4 Å². The van der Waals surface area contributed by atoms with Crippen molar-refractivity contribution in [3.63, 3.8) is 0 Å². The van der Waals surface area contributed by atoms with Crippen LogP contribution in [0.5, 0.6) is 11.5 Å². The molecule has 0 atom stereocenters. The van der Waals surface area contributed by atoms with E-state index in [2.05, 4.69) is 24.1 Å². The Morgan fingerprint density at radius 2 is 1.86 bits per heavy atom. The predicted octanol–water partition coefficient (Wildman–Crippen LogP) is 3.25. The SMILES string of the molecule is CCN(CC)CCOc1ccccc1CNC(=O)c1ccc(OC)c([N+](=O)[O-])c1. The Labute approximate surface area is 170 Å². The van der Waals surface area contributed by atoms with Gasteiger partial charge in [0.2, 0.25) is 0 Å². The van der Waals surface area contributed by atoms with Crippen molar-refractivity contribution in [3.8, 4) is 11.5 Å². The van der Waals surface area contributed by atoms with E-state index in [1.807, 2.05) is 24.3 Å². The molecule has 0 saturated heterocycles. The van der Waals surface area contributed by atoms with Crippen molar-refractivity contribution < 1.29 is 19.2 Å². The molecule has 2 aromatic rings. The van der Waals surface area contributed by atoms with E-state index in [9.17, 15) is 14.9 Å². The fourth-order valence-electron chi connectivity index (χ4n) is 2.87. The molecule has 8 heteroatoms. The molecule has 0 aliphatic rings. The Morgan fingerprint density at radius 3 is 2.52 bits per heavy atom. The molecule has 29 heavy (non-hydrogen) atoms. The summed E-state index contributed by atoms with van der Waals surface area (Å²) in [5, 5.41) is 13.9. The van der Waals surface area contributed by atoms with Crippen LogP contribution in [0.25, 0.3) is 0 Å². The molecule has 2 rings (SSSR count). The third-order valence-electron chi connectivity index (χ3n) is 4.61. The molecule has 0 unspecified atom stereocenters. The minimum absolute atomic E-state index is 0.110. The van der Waals surface area contributed by atoms with Crippen LogP contribution in [-0.4, -0.2) is 49.1 Å². The first-order chi connectivity index (χ1) is 14.0. The molecule has 0 saturated carbocycles. The number of para-hydroxylation sites is 1. The van der Waals surface area contributed by atoms with Gasteiger partial charge in [-0.15, -0.1) is 0 Å². The van der Waals surface area contributed by atoms with E-state index in [4.69, 9.17) is 9.47 Å². The molecule has 1 amide bonds. The lowest BCUT2D eigenvalue weighted by molar-refractivity contribution is -0.385. The van der Waals surface area contributed by atoms with Crippen LogP contribution in [0.15, 0.2) is 42.5 Å². The second kappa shape index (κ2) is 11.0. The maximum Gasteiger partial charge on any atom is 0.311 e. The zero-order chi connectivity index (χ0) is 21.2. The maximum absolute atomic E-state index is 12.5. The summed E-state index contributed by atoms with van der Waals surface area (Å²) in [6.45, 7) is 7.77. The van der Waals surface area contributed by atoms with Crippen LogP contribution in [0.2, 0.25) is 0 Å². The van der Waals surface area contributed by atoms with E-state index in [0.29, 0.717) is 12.4 Å². The first-order valence-electron chi connectivity index (χ1n) is 9.53. The molecule has 156 valence electrons. The third-order valence-corrected chi connectivity index (χ3v) is 4.61. The van der Waals surface area contributed by atoms with Crippen LogP contribution in [0, 0.1) is 10.1 Å². The number of carbonyl (C=O) groups is 1. The number of ether oxygens (including phenoxy) is 2. The summed E-state index contributed by atoms with van der Waals surface area (Å²) in [5.41, 5.74) is 0.779. The smallest absolute Gasteiger partial charge is 0.311 e. The molecule has 8 nitrogen and oxygen atoms in total. The molecule has 0 spiro atoms. The van der Waals surface area contributed by atoms with E-state index in [-0.39, 0.29) is 23.5 Å². The fraction of sp³-hybridized carbons (Fsp3) is 0.381. The number of rotatable bonds is 11. The number of amides is 1. The fourth-order valence-corrected chi connectivity index (χ4v) is 2.87. The number of nitrogens with one attached hydrogen (secondary N) is 1. The number of likely N-dealkylation sites (N-methyl/N-ethyl adjacent to an activating group) is 1. The predicted molar refractivity (Wildman–Crippen MR) is 111 cm³/mol. The zero-order valence-electron chi connectivity index (χ0n) is 17.0. The molecule has 0 fully saturated rings. The second-order valence-electron chi connectivity index (χ2n) is 6.31. The molecule has 1 N–H and O–H groups in total. The summed E-state index contributed by atoms with van der Waals surface area (Å²) >= 11 is 0. The Kier molecular flexibility index (Phi) is 8.42. The second-order valence-corrected chi connectivity index (χ2v) is 6.31. The Morgan fingerprint density at radius 1 is 1.14 bits per heavy atom. The Bertz CT molecular complexity index is 837. The molecule has 2 aromatic carbocycles. The van der Waals surface area contributed by atoms with Gasteiger partial charge in [-0.3, -0.25) is 14.9 Å². The number of methoxy groups -OCH3 is 1. The summed E-state index contributed by atoms with van der Waals surface area (Å²) in [5.74, 6) is 0.410. The molecule has 0 radical (unpaired) electrons. The van der Waals surface area contributed by atoms with Gasteiger partial charge in [0, 0.05) is 30.3 Å². The molecular weight excluding hydrogens is 374 g/mol. The number of hydrogen-bond donors (Lipinski definition) is 1. The van der Waals surface area contributed by atoms with Gasteiger partial charge in [-0.25, -0.2) is 0 Å². The van der Waals surface area contributed by atoms with Crippen molar-refractivity contribution in [2.24, 2.45) is 0 Å². The first-order valence-corrected chi connectivity index (χ1v) is 9.53. The number of benzene rings is 2. The largest absolute Gasteiger partial charge is 0.492 e.